The monoisotopic (exact) mass is 399 g/mol. The van der Waals surface area contributed by atoms with Crippen molar-refractivity contribution in [3.8, 4) is 5.69 Å². The van der Waals surface area contributed by atoms with Gasteiger partial charge in [-0.25, -0.2) is 9.67 Å². The van der Waals surface area contributed by atoms with Gasteiger partial charge in [0, 0.05) is 25.2 Å². The summed E-state index contributed by atoms with van der Waals surface area (Å²) in [6, 6.07) is 15.8. The van der Waals surface area contributed by atoms with Crippen molar-refractivity contribution in [2.45, 2.75) is 26.3 Å². The summed E-state index contributed by atoms with van der Waals surface area (Å²) in [5.41, 5.74) is 4.49. The van der Waals surface area contributed by atoms with Crippen LogP contribution < -0.4 is 10.5 Å². The summed E-state index contributed by atoms with van der Waals surface area (Å²) in [6.45, 7) is 2.99. The van der Waals surface area contributed by atoms with Crippen LogP contribution in [0.2, 0.25) is 0 Å². The molecule has 2 aromatic carbocycles. The van der Waals surface area contributed by atoms with Crippen molar-refractivity contribution >= 4 is 22.6 Å². The molecule has 0 bridgehead atoms. The summed E-state index contributed by atoms with van der Waals surface area (Å²) in [7, 11) is 0. The quantitative estimate of drug-likeness (QED) is 0.529. The van der Waals surface area contributed by atoms with Gasteiger partial charge in [0.2, 0.25) is 5.91 Å². The lowest BCUT2D eigenvalue weighted by atomic mass is 10.2. The Morgan fingerprint density at radius 2 is 1.90 bits per heavy atom. The van der Waals surface area contributed by atoms with Gasteiger partial charge in [0.1, 0.15) is 5.39 Å². The molecule has 0 atom stereocenters. The second-order valence-electron chi connectivity index (χ2n) is 7.55. The number of para-hydroxylation sites is 1. The maximum absolute atomic E-state index is 12.9. The number of fused-ring (bicyclic) bond motifs is 2. The Bertz CT molecular complexity index is 1300. The van der Waals surface area contributed by atoms with Gasteiger partial charge in [-0.1, -0.05) is 35.9 Å². The fraction of sp³-hybridized carbons (Fsp3) is 0.217. The van der Waals surface area contributed by atoms with E-state index in [1.807, 2.05) is 54.3 Å². The number of benzene rings is 2. The summed E-state index contributed by atoms with van der Waals surface area (Å²) >= 11 is 0. The van der Waals surface area contributed by atoms with E-state index in [-0.39, 0.29) is 24.4 Å². The molecular weight excluding hydrogens is 378 g/mol. The first kappa shape index (κ1) is 18.3. The second kappa shape index (κ2) is 7.26. The van der Waals surface area contributed by atoms with E-state index < -0.39 is 0 Å². The van der Waals surface area contributed by atoms with Gasteiger partial charge >= 0.3 is 0 Å². The molecule has 7 heteroatoms. The fourth-order valence-corrected chi connectivity index (χ4v) is 3.93. The molecule has 0 aliphatic carbocycles. The molecule has 7 nitrogen and oxygen atoms in total. The van der Waals surface area contributed by atoms with Gasteiger partial charge in [0.15, 0.2) is 5.65 Å². The molecule has 0 unspecified atom stereocenters. The molecule has 150 valence electrons. The van der Waals surface area contributed by atoms with Crippen LogP contribution in [-0.4, -0.2) is 31.8 Å². The first-order chi connectivity index (χ1) is 14.6. The highest BCUT2D eigenvalue weighted by atomic mass is 16.2. The predicted octanol–water partition coefficient (Wildman–Crippen LogP) is 2.87. The van der Waals surface area contributed by atoms with Crippen LogP contribution in [-0.2, 0) is 17.8 Å². The highest BCUT2D eigenvalue weighted by molar-refractivity contribution is 5.95. The number of carbonyl (C=O) groups excluding carboxylic acids is 1. The van der Waals surface area contributed by atoms with Crippen molar-refractivity contribution in [3.05, 3.63) is 82.5 Å². The third kappa shape index (κ3) is 3.08. The number of rotatable bonds is 4. The first-order valence-electron chi connectivity index (χ1n) is 10.0. The summed E-state index contributed by atoms with van der Waals surface area (Å²) < 4.78 is 3.15. The Kier molecular flexibility index (Phi) is 4.43. The average molecular weight is 399 g/mol. The van der Waals surface area contributed by atoms with E-state index in [0.717, 1.165) is 23.4 Å². The minimum Gasteiger partial charge on any atom is -0.312 e. The van der Waals surface area contributed by atoms with Crippen LogP contribution in [0.15, 0.2) is 65.8 Å². The Morgan fingerprint density at radius 1 is 1.10 bits per heavy atom. The van der Waals surface area contributed by atoms with Crippen molar-refractivity contribution in [3.63, 3.8) is 0 Å². The van der Waals surface area contributed by atoms with Crippen molar-refractivity contribution in [1.29, 1.82) is 0 Å². The smallest absolute Gasteiger partial charge is 0.264 e. The van der Waals surface area contributed by atoms with Gasteiger partial charge in [-0.3, -0.25) is 14.2 Å². The van der Waals surface area contributed by atoms with E-state index in [2.05, 4.69) is 16.1 Å². The zero-order chi connectivity index (χ0) is 20.7. The molecular formula is C23H21N5O2. The fourth-order valence-electron chi connectivity index (χ4n) is 3.93. The molecule has 4 aromatic rings. The summed E-state index contributed by atoms with van der Waals surface area (Å²) in [5.74, 6) is 0.0160. The molecule has 1 aliphatic heterocycles. The van der Waals surface area contributed by atoms with E-state index in [1.165, 1.54) is 16.5 Å². The van der Waals surface area contributed by atoms with E-state index in [4.69, 9.17) is 0 Å². The van der Waals surface area contributed by atoms with E-state index in [9.17, 15) is 9.59 Å². The number of carbonyl (C=O) groups is 1. The SMILES string of the molecule is Cc1ccc(-n2ncc3c(=O)n(CCC(=O)N4CCc5ccccc54)cnc32)cc1. The maximum atomic E-state index is 12.9. The van der Waals surface area contributed by atoms with E-state index >= 15 is 0 Å². The summed E-state index contributed by atoms with van der Waals surface area (Å²) in [6.07, 6.45) is 4.16. The summed E-state index contributed by atoms with van der Waals surface area (Å²) in [4.78, 5) is 31.9. The molecule has 0 radical (unpaired) electrons. The molecule has 2 aromatic heterocycles. The van der Waals surface area contributed by atoms with Crippen LogP contribution in [0.1, 0.15) is 17.5 Å². The minimum atomic E-state index is -0.187. The van der Waals surface area contributed by atoms with Gasteiger partial charge in [0.05, 0.1) is 18.2 Å². The Morgan fingerprint density at radius 3 is 2.73 bits per heavy atom. The van der Waals surface area contributed by atoms with Crippen molar-refractivity contribution in [2.24, 2.45) is 0 Å². The van der Waals surface area contributed by atoms with Gasteiger partial charge < -0.3 is 4.90 Å². The van der Waals surface area contributed by atoms with E-state index in [0.29, 0.717) is 17.6 Å². The molecule has 0 N–H and O–H groups in total. The Balaban J connectivity index is 1.37. The molecule has 30 heavy (non-hydrogen) atoms. The third-order valence-electron chi connectivity index (χ3n) is 5.59. The Labute approximate surface area is 173 Å². The van der Waals surface area contributed by atoms with Crippen LogP contribution in [0.5, 0.6) is 0 Å². The van der Waals surface area contributed by atoms with Gasteiger partial charge in [-0.15, -0.1) is 0 Å². The molecule has 0 saturated heterocycles. The van der Waals surface area contributed by atoms with E-state index in [1.54, 1.807) is 10.9 Å². The maximum Gasteiger partial charge on any atom is 0.264 e. The number of hydrogen-bond donors (Lipinski definition) is 0. The lowest BCUT2D eigenvalue weighted by Gasteiger charge is -2.17. The average Bonchev–Trinajstić information content (AvgIpc) is 3.38. The van der Waals surface area contributed by atoms with Crippen LogP contribution in [0.25, 0.3) is 16.7 Å². The van der Waals surface area contributed by atoms with Gasteiger partial charge in [0.25, 0.3) is 5.56 Å². The zero-order valence-electron chi connectivity index (χ0n) is 16.7. The number of hydrogen-bond acceptors (Lipinski definition) is 4. The third-order valence-corrected chi connectivity index (χ3v) is 5.59. The number of nitrogens with zero attached hydrogens (tertiary/aromatic N) is 5. The van der Waals surface area contributed by atoms with Crippen LogP contribution >= 0.6 is 0 Å². The van der Waals surface area contributed by atoms with Crippen molar-refractivity contribution < 1.29 is 4.79 Å². The molecule has 3 heterocycles. The normalized spacial score (nSPS) is 13.0. The zero-order valence-corrected chi connectivity index (χ0v) is 16.7. The van der Waals surface area contributed by atoms with Crippen molar-refractivity contribution in [2.75, 3.05) is 11.4 Å². The number of amides is 1. The molecule has 1 aliphatic rings. The molecule has 0 fully saturated rings. The highest BCUT2D eigenvalue weighted by Gasteiger charge is 2.24. The lowest BCUT2D eigenvalue weighted by Crippen LogP contribution is -2.31. The molecule has 0 saturated carbocycles. The molecule has 5 rings (SSSR count). The van der Waals surface area contributed by atoms with Crippen molar-refractivity contribution in [1.82, 2.24) is 19.3 Å². The topological polar surface area (TPSA) is 73.0 Å². The molecule has 0 spiro atoms. The minimum absolute atomic E-state index is 0.0160. The van der Waals surface area contributed by atoms with Gasteiger partial charge in [-0.2, -0.15) is 5.10 Å². The number of aromatic nitrogens is 4. The predicted molar refractivity (Wildman–Crippen MR) is 115 cm³/mol. The Hall–Kier alpha value is -3.74. The van der Waals surface area contributed by atoms with Crippen LogP contribution in [0.4, 0.5) is 5.69 Å². The summed E-state index contributed by atoms with van der Waals surface area (Å²) in [5, 5.41) is 4.79. The first-order valence-corrected chi connectivity index (χ1v) is 10.0. The molecule has 1 amide bonds. The number of aryl methyl sites for hydroxylation is 2. The second-order valence-corrected chi connectivity index (χ2v) is 7.55. The van der Waals surface area contributed by atoms with Crippen LogP contribution in [0.3, 0.4) is 0 Å². The largest absolute Gasteiger partial charge is 0.312 e. The highest BCUT2D eigenvalue weighted by Crippen LogP contribution is 2.27. The van der Waals surface area contributed by atoms with Crippen LogP contribution in [0, 0.1) is 6.92 Å². The van der Waals surface area contributed by atoms with Gasteiger partial charge in [-0.05, 0) is 37.1 Å². The standard InChI is InChI=1S/C23H21N5O2/c1-16-6-8-18(9-7-16)28-22-19(14-25-28)23(30)26(15-24-22)12-11-21(29)27-13-10-17-4-2-3-5-20(17)27/h2-9,14-15H,10-13H2,1H3. The lowest BCUT2D eigenvalue weighted by molar-refractivity contribution is -0.118. The number of anilines is 1.